The Hall–Kier alpha value is -1.71. The SMILES string of the molecule is O=C(O)[C@@H]1CCCCN1.O=C(O)[C@H](O)[C@@H](O)C(=O)O. The zero-order valence-corrected chi connectivity index (χ0v) is 10.0. The number of rotatable bonds is 4. The van der Waals surface area contributed by atoms with E-state index < -0.39 is 30.1 Å². The fourth-order valence-corrected chi connectivity index (χ4v) is 1.33. The molecule has 1 aliphatic rings. The summed E-state index contributed by atoms with van der Waals surface area (Å²) in [4.78, 5) is 29.8. The molecule has 0 spiro atoms. The third-order valence-corrected chi connectivity index (χ3v) is 2.41. The number of aliphatic hydroxyl groups excluding tert-OH is 2. The summed E-state index contributed by atoms with van der Waals surface area (Å²) in [6.45, 7) is 0.858. The van der Waals surface area contributed by atoms with Crippen molar-refractivity contribution in [2.75, 3.05) is 6.54 Å². The lowest BCUT2D eigenvalue weighted by Crippen LogP contribution is -2.40. The Morgan fingerprint density at radius 2 is 1.42 bits per heavy atom. The second-order valence-electron chi connectivity index (χ2n) is 3.91. The highest BCUT2D eigenvalue weighted by molar-refractivity contribution is 5.83. The van der Waals surface area contributed by atoms with E-state index >= 15 is 0 Å². The first kappa shape index (κ1) is 17.3. The van der Waals surface area contributed by atoms with Crippen LogP contribution < -0.4 is 5.32 Å². The van der Waals surface area contributed by atoms with Gasteiger partial charge in [-0.05, 0) is 19.4 Å². The van der Waals surface area contributed by atoms with Crippen molar-refractivity contribution < 1.29 is 39.9 Å². The Balaban J connectivity index is 0.000000342. The Morgan fingerprint density at radius 1 is 0.947 bits per heavy atom. The molecule has 0 aromatic carbocycles. The fraction of sp³-hybridized carbons (Fsp3) is 0.700. The van der Waals surface area contributed by atoms with Gasteiger partial charge in [0.1, 0.15) is 6.04 Å². The van der Waals surface area contributed by atoms with Crippen LogP contribution in [0.15, 0.2) is 0 Å². The number of carboxylic acid groups (broad SMARTS) is 3. The number of nitrogens with one attached hydrogen (secondary N) is 1. The number of aliphatic hydroxyl groups is 2. The van der Waals surface area contributed by atoms with Gasteiger partial charge >= 0.3 is 17.9 Å². The average molecular weight is 279 g/mol. The first-order valence-electron chi connectivity index (χ1n) is 5.55. The van der Waals surface area contributed by atoms with Gasteiger partial charge in [0, 0.05) is 0 Å². The molecule has 1 heterocycles. The third-order valence-electron chi connectivity index (χ3n) is 2.41. The number of hydrogen-bond donors (Lipinski definition) is 6. The Kier molecular flexibility index (Phi) is 7.65. The molecule has 0 amide bonds. The van der Waals surface area contributed by atoms with Crippen LogP contribution in [0, 0.1) is 0 Å². The van der Waals surface area contributed by atoms with Crippen molar-refractivity contribution in [2.45, 2.75) is 37.5 Å². The average Bonchev–Trinajstić information content (AvgIpc) is 2.38. The van der Waals surface area contributed by atoms with Crippen LogP contribution in [0.2, 0.25) is 0 Å². The van der Waals surface area contributed by atoms with Gasteiger partial charge in [0.05, 0.1) is 0 Å². The number of hydrogen-bond acceptors (Lipinski definition) is 6. The molecule has 19 heavy (non-hydrogen) atoms. The molecule has 1 saturated heterocycles. The fourth-order valence-electron chi connectivity index (χ4n) is 1.33. The molecule has 0 aromatic heterocycles. The molecule has 0 bridgehead atoms. The largest absolute Gasteiger partial charge is 0.480 e. The normalized spacial score (nSPS) is 21.5. The molecule has 0 aliphatic carbocycles. The van der Waals surface area contributed by atoms with E-state index in [2.05, 4.69) is 5.32 Å². The van der Waals surface area contributed by atoms with E-state index in [0.717, 1.165) is 25.8 Å². The number of aliphatic carboxylic acids is 3. The maximum Gasteiger partial charge on any atom is 0.335 e. The van der Waals surface area contributed by atoms with Gasteiger partial charge in [-0.2, -0.15) is 0 Å². The minimum absolute atomic E-state index is 0.279. The predicted molar refractivity (Wildman–Crippen MR) is 60.6 cm³/mol. The Labute approximate surface area is 108 Å². The second-order valence-corrected chi connectivity index (χ2v) is 3.91. The van der Waals surface area contributed by atoms with E-state index in [0.29, 0.717) is 0 Å². The summed E-state index contributed by atoms with van der Waals surface area (Å²) in [5, 5.41) is 43.9. The smallest absolute Gasteiger partial charge is 0.335 e. The van der Waals surface area contributed by atoms with E-state index in [1.54, 1.807) is 0 Å². The molecule has 0 radical (unpaired) electrons. The molecule has 0 unspecified atom stereocenters. The molecule has 1 aliphatic heterocycles. The van der Waals surface area contributed by atoms with Crippen molar-refractivity contribution in [3.63, 3.8) is 0 Å². The molecule has 6 N–H and O–H groups in total. The van der Waals surface area contributed by atoms with Gasteiger partial charge in [-0.15, -0.1) is 0 Å². The van der Waals surface area contributed by atoms with E-state index in [-0.39, 0.29) is 6.04 Å². The van der Waals surface area contributed by atoms with E-state index in [1.807, 2.05) is 0 Å². The molecular formula is C10H17NO8. The van der Waals surface area contributed by atoms with Crippen LogP contribution in [0.4, 0.5) is 0 Å². The summed E-state index contributed by atoms with van der Waals surface area (Å²) in [6.07, 6.45) is -1.58. The van der Waals surface area contributed by atoms with Crippen molar-refractivity contribution in [1.29, 1.82) is 0 Å². The molecule has 1 rings (SSSR count). The summed E-state index contributed by atoms with van der Waals surface area (Å²) in [5.74, 6) is -4.25. The summed E-state index contributed by atoms with van der Waals surface area (Å²) < 4.78 is 0. The molecule has 0 saturated carbocycles. The first-order valence-corrected chi connectivity index (χ1v) is 5.55. The van der Waals surface area contributed by atoms with E-state index in [9.17, 15) is 14.4 Å². The van der Waals surface area contributed by atoms with Crippen molar-refractivity contribution in [2.24, 2.45) is 0 Å². The highest BCUT2D eigenvalue weighted by atomic mass is 16.4. The van der Waals surface area contributed by atoms with Gasteiger partial charge in [0.15, 0.2) is 12.2 Å². The van der Waals surface area contributed by atoms with Crippen molar-refractivity contribution in [3.8, 4) is 0 Å². The number of piperidine rings is 1. The minimum atomic E-state index is -2.27. The molecular weight excluding hydrogens is 262 g/mol. The quantitative estimate of drug-likeness (QED) is 0.344. The van der Waals surface area contributed by atoms with Gasteiger partial charge in [-0.1, -0.05) is 6.42 Å². The van der Waals surface area contributed by atoms with E-state index in [4.69, 9.17) is 25.5 Å². The molecule has 9 nitrogen and oxygen atoms in total. The molecule has 0 aromatic rings. The van der Waals surface area contributed by atoms with Crippen molar-refractivity contribution in [1.82, 2.24) is 5.32 Å². The summed E-state index contributed by atoms with van der Waals surface area (Å²) in [5.41, 5.74) is 0. The second kappa shape index (κ2) is 8.40. The Morgan fingerprint density at radius 3 is 1.63 bits per heavy atom. The number of carboxylic acids is 3. The molecule has 9 heteroatoms. The first-order chi connectivity index (χ1) is 8.77. The van der Waals surface area contributed by atoms with Gasteiger partial charge in [0.2, 0.25) is 0 Å². The zero-order chi connectivity index (χ0) is 15.0. The molecule has 1 fully saturated rings. The van der Waals surface area contributed by atoms with Crippen molar-refractivity contribution in [3.05, 3.63) is 0 Å². The molecule has 3 atom stereocenters. The lowest BCUT2D eigenvalue weighted by molar-refractivity contribution is -0.165. The van der Waals surface area contributed by atoms with Crippen LogP contribution in [0.1, 0.15) is 19.3 Å². The van der Waals surface area contributed by atoms with Crippen LogP contribution in [-0.2, 0) is 14.4 Å². The van der Waals surface area contributed by atoms with E-state index in [1.165, 1.54) is 0 Å². The number of carbonyl (C=O) groups is 3. The highest BCUT2D eigenvalue weighted by Gasteiger charge is 2.29. The maximum absolute atomic E-state index is 10.3. The van der Waals surface area contributed by atoms with Gasteiger partial charge in [-0.3, -0.25) is 4.79 Å². The highest BCUT2D eigenvalue weighted by Crippen LogP contribution is 2.05. The zero-order valence-electron chi connectivity index (χ0n) is 10.0. The standard InChI is InChI=1S/C6H11NO2.C4H6O6/c8-6(9)5-3-1-2-4-7-5;5-1(3(7)8)2(6)4(9)10/h5,7H,1-4H2,(H,8,9);1-2,5-6H,(H,7,8)(H,9,10)/t5-;1-,2-/m01/s1. The predicted octanol–water partition coefficient (Wildman–Crippen LogP) is -1.91. The monoisotopic (exact) mass is 279 g/mol. The van der Waals surface area contributed by atoms with Crippen LogP contribution in [0.25, 0.3) is 0 Å². The minimum Gasteiger partial charge on any atom is -0.480 e. The van der Waals surface area contributed by atoms with Crippen LogP contribution in [0.3, 0.4) is 0 Å². The topological polar surface area (TPSA) is 164 Å². The van der Waals surface area contributed by atoms with Crippen LogP contribution in [0.5, 0.6) is 0 Å². The summed E-state index contributed by atoms with van der Waals surface area (Å²) in [6, 6.07) is -0.279. The Bertz CT molecular complexity index is 307. The lowest BCUT2D eigenvalue weighted by atomic mass is 10.1. The van der Waals surface area contributed by atoms with Crippen LogP contribution in [-0.4, -0.2) is 68.2 Å². The summed E-state index contributed by atoms with van der Waals surface area (Å²) >= 11 is 0. The molecule has 110 valence electrons. The third kappa shape index (κ3) is 6.70. The van der Waals surface area contributed by atoms with Gasteiger partial charge < -0.3 is 30.8 Å². The lowest BCUT2D eigenvalue weighted by Gasteiger charge is -2.18. The summed E-state index contributed by atoms with van der Waals surface area (Å²) in [7, 11) is 0. The van der Waals surface area contributed by atoms with Crippen LogP contribution >= 0.6 is 0 Å². The van der Waals surface area contributed by atoms with Gasteiger partial charge in [-0.25, -0.2) is 9.59 Å². The van der Waals surface area contributed by atoms with Crippen molar-refractivity contribution >= 4 is 17.9 Å². The van der Waals surface area contributed by atoms with Gasteiger partial charge in [0.25, 0.3) is 0 Å². The maximum atomic E-state index is 10.3.